The predicted octanol–water partition coefficient (Wildman–Crippen LogP) is 7.45. The van der Waals surface area contributed by atoms with E-state index in [0.29, 0.717) is 42.4 Å². The number of allylic oxidation sites excluding steroid dienone is 1. The summed E-state index contributed by atoms with van der Waals surface area (Å²) >= 11 is 4.25. The molecule has 1 saturated heterocycles. The van der Waals surface area contributed by atoms with Crippen molar-refractivity contribution in [1.82, 2.24) is 4.90 Å². The van der Waals surface area contributed by atoms with Crippen LogP contribution in [0.2, 0.25) is 0 Å². The maximum Gasteiger partial charge on any atom is 0.294 e. The highest BCUT2D eigenvalue weighted by molar-refractivity contribution is 9.10. The molecule has 1 aliphatic rings. The number of amides is 3. The van der Waals surface area contributed by atoms with Crippen LogP contribution in [-0.2, 0) is 22.6 Å². The lowest BCUT2D eigenvalue weighted by atomic mass is 10.0. The molecule has 0 aromatic heterocycles. The van der Waals surface area contributed by atoms with Crippen molar-refractivity contribution in [3.8, 4) is 11.5 Å². The van der Waals surface area contributed by atoms with Gasteiger partial charge in [0, 0.05) is 15.7 Å². The minimum absolute atomic E-state index is 0.227. The first-order chi connectivity index (χ1) is 19.7. The van der Waals surface area contributed by atoms with Crippen molar-refractivity contribution in [2.45, 2.75) is 33.8 Å². The van der Waals surface area contributed by atoms with Crippen molar-refractivity contribution < 1.29 is 23.9 Å². The van der Waals surface area contributed by atoms with Gasteiger partial charge in [-0.15, -0.1) is 6.58 Å². The zero-order chi connectivity index (χ0) is 29.5. The zero-order valence-electron chi connectivity index (χ0n) is 23.2. The van der Waals surface area contributed by atoms with E-state index in [2.05, 4.69) is 27.8 Å². The Morgan fingerprint density at radius 2 is 1.83 bits per heavy atom. The van der Waals surface area contributed by atoms with Crippen LogP contribution in [0.5, 0.6) is 11.5 Å². The van der Waals surface area contributed by atoms with E-state index in [-0.39, 0.29) is 11.4 Å². The molecule has 1 heterocycles. The second kappa shape index (κ2) is 13.7. The Morgan fingerprint density at radius 1 is 1.07 bits per heavy atom. The maximum atomic E-state index is 13.2. The van der Waals surface area contributed by atoms with Crippen LogP contribution in [-0.4, -0.2) is 35.1 Å². The first kappa shape index (κ1) is 30.1. The second-order valence-electron chi connectivity index (χ2n) is 9.48. The van der Waals surface area contributed by atoms with Crippen molar-refractivity contribution in [1.29, 1.82) is 0 Å². The number of thioether (sulfide) groups is 1. The summed E-state index contributed by atoms with van der Waals surface area (Å²) in [4.78, 5) is 39.7. The third-order valence-electron chi connectivity index (χ3n) is 6.24. The average molecular weight is 636 g/mol. The molecule has 212 valence electrons. The molecule has 0 atom stereocenters. The Labute approximate surface area is 252 Å². The molecule has 3 aromatic rings. The molecule has 0 saturated carbocycles. The SMILES string of the molecule is C=CCc1cc(/C=C2\SC(=O)N(CC(=O)Nc3ccc(C)cc3C)C2=O)cc(OCC)c1OCc1ccc(Br)cc1. The number of benzene rings is 3. The van der Waals surface area contributed by atoms with Gasteiger partial charge in [0.25, 0.3) is 11.1 Å². The molecule has 0 bridgehead atoms. The molecule has 0 aliphatic carbocycles. The van der Waals surface area contributed by atoms with E-state index in [1.54, 1.807) is 24.3 Å². The number of imide groups is 1. The van der Waals surface area contributed by atoms with Crippen LogP contribution in [0.3, 0.4) is 0 Å². The quantitative estimate of drug-likeness (QED) is 0.174. The number of carbonyl (C=O) groups excluding carboxylic acids is 3. The van der Waals surface area contributed by atoms with Gasteiger partial charge in [0.1, 0.15) is 13.2 Å². The fourth-order valence-corrected chi connectivity index (χ4v) is 5.41. The van der Waals surface area contributed by atoms with E-state index in [0.717, 1.165) is 43.4 Å². The first-order valence-electron chi connectivity index (χ1n) is 13.1. The van der Waals surface area contributed by atoms with Crippen molar-refractivity contribution in [2.75, 3.05) is 18.5 Å². The number of ether oxygens (including phenoxy) is 2. The number of hydrogen-bond donors (Lipinski definition) is 1. The standard InChI is InChI=1S/C32H31BrN2O5S/c1-5-7-24-15-23(16-27(39-6-2)30(24)40-19-22-9-11-25(33)12-10-22)17-28-31(37)35(32(38)41-28)18-29(36)34-26-13-8-20(3)14-21(26)4/h5,8-17H,1,6-7,18-19H2,2-4H3,(H,34,36)/b28-17-. The van der Waals surface area contributed by atoms with Gasteiger partial charge in [0.2, 0.25) is 5.91 Å². The lowest BCUT2D eigenvalue weighted by molar-refractivity contribution is -0.127. The van der Waals surface area contributed by atoms with E-state index in [1.807, 2.05) is 63.2 Å². The minimum Gasteiger partial charge on any atom is -0.490 e. The molecule has 7 nitrogen and oxygen atoms in total. The summed E-state index contributed by atoms with van der Waals surface area (Å²) in [6.45, 7) is 10.00. The molecular formula is C32H31BrN2O5S. The Hall–Kier alpha value is -3.82. The molecule has 3 amide bonds. The molecule has 0 unspecified atom stereocenters. The van der Waals surface area contributed by atoms with Crippen molar-refractivity contribution in [2.24, 2.45) is 0 Å². The van der Waals surface area contributed by atoms with Crippen LogP contribution < -0.4 is 14.8 Å². The van der Waals surface area contributed by atoms with E-state index in [1.165, 1.54) is 0 Å². The minimum atomic E-state index is -0.519. The number of anilines is 1. The highest BCUT2D eigenvalue weighted by atomic mass is 79.9. The predicted molar refractivity (Wildman–Crippen MR) is 167 cm³/mol. The number of nitrogens with zero attached hydrogens (tertiary/aromatic N) is 1. The number of carbonyl (C=O) groups is 3. The average Bonchev–Trinajstić information content (AvgIpc) is 3.18. The van der Waals surface area contributed by atoms with E-state index in [4.69, 9.17) is 9.47 Å². The third kappa shape index (κ3) is 7.68. The second-order valence-corrected chi connectivity index (χ2v) is 11.4. The summed E-state index contributed by atoms with van der Waals surface area (Å²) in [6.07, 6.45) is 3.92. The number of hydrogen-bond acceptors (Lipinski definition) is 6. The molecule has 41 heavy (non-hydrogen) atoms. The third-order valence-corrected chi connectivity index (χ3v) is 7.68. The largest absolute Gasteiger partial charge is 0.490 e. The summed E-state index contributed by atoms with van der Waals surface area (Å²) in [5.41, 5.74) is 5.12. The summed E-state index contributed by atoms with van der Waals surface area (Å²) in [7, 11) is 0. The van der Waals surface area contributed by atoms with Gasteiger partial charge < -0.3 is 14.8 Å². The first-order valence-corrected chi connectivity index (χ1v) is 14.7. The van der Waals surface area contributed by atoms with E-state index in [9.17, 15) is 14.4 Å². The van der Waals surface area contributed by atoms with E-state index < -0.39 is 17.1 Å². The monoisotopic (exact) mass is 634 g/mol. The number of nitrogens with one attached hydrogen (secondary N) is 1. The molecule has 0 radical (unpaired) electrons. The van der Waals surface area contributed by atoms with Gasteiger partial charge >= 0.3 is 0 Å². The highest BCUT2D eigenvalue weighted by Crippen LogP contribution is 2.38. The molecule has 1 N–H and O–H groups in total. The van der Waals surface area contributed by atoms with Crippen molar-refractivity contribution >= 4 is 56.5 Å². The lowest BCUT2D eigenvalue weighted by Gasteiger charge is -2.17. The van der Waals surface area contributed by atoms with Gasteiger partial charge in [-0.25, -0.2) is 0 Å². The fourth-order valence-electron chi connectivity index (χ4n) is 4.31. The van der Waals surface area contributed by atoms with E-state index >= 15 is 0 Å². The van der Waals surface area contributed by atoms with Gasteiger partial charge in [0.15, 0.2) is 11.5 Å². The van der Waals surface area contributed by atoms with Crippen molar-refractivity contribution in [3.63, 3.8) is 0 Å². The molecule has 0 spiro atoms. The van der Waals surface area contributed by atoms with Gasteiger partial charge in [-0.3, -0.25) is 19.3 Å². The van der Waals surface area contributed by atoms with Crippen LogP contribution in [0.25, 0.3) is 6.08 Å². The van der Waals surface area contributed by atoms with Crippen LogP contribution in [0.4, 0.5) is 10.5 Å². The molecule has 4 rings (SSSR count). The Morgan fingerprint density at radius 3 is 2.51 bits per heavy atom. The Balaban J connectivity index is 1.54. The smallest absolute Gasteiger partial charge is 0.294 e. The Kier molecular flexibility index (Phi) is 10.1. The molecule has 9 heteroatoms. The van der Waals surface area contributed by atoms with Gasteiger partial charge in [0.05, 0.1) is 11.5 Å². The Bertz CT molecular complexity index is 1520. The topological polar surface area (TPSA) is 84.9 Å². The van der Waals surface area contributed by atoms with Crippen LogP contribution in [0, 0.1) is 13.8 Å². The molecule has 3 aromatic carbocycles. The van der Waals surface area contributed by atoms with Gasteiger partial charge in [-0.2, -0.15) is 0 Å². The molecule has 1 fully saturated rings. The summed E-state index contributed by atoms with van der Waals surface area (Å²) in [5.74, 6) is 0.166. The lowest BCUT2D eigenvalue weighted by Crippen LogP contribution is -2.36. The summed E-state index contributed by atoms with van der Waals surface area (Å²) in [6, 6.07) is 17.2. The number of aryl methyl sites for hydroxylation is 2. The summed E-state index contributed by atoms with van der Waals surface area (Å²) < 4.78 is 13.1. The molecule has 1 aliphatic heterocycles. The molecular weight excluding hydrogens is 604 g/mol. The highest BCUT2D eigenvalue weighted by Gasteiger charge is 2.36. The number of halogens is 1. The zero-order valence-corrected chi connectivity index (χ0v) is 25.6. The summed E-state index contributed by atoms with van der Waals surface area (Å²) in [5, 5.41) is 2.29. The van der Waals surface area contributed by atoms with Crippen LogP contribution >= 0.6 is 27.7 Å². The van der Waals surface area contributed by atoms with Gasteiger partial charge in [-0.05, 0) is 92.1 Å². The van der Waals surface area contributed by atoms with Crippen molar-refractivity contribution in [3.05, 3.63) is 104 Å². The van der Waals surface area contributed by atoms with Crippen LogP contribution in [0.15, 0.2) is 76.6 Å². The normalized spacial score (nSPS) is 14.0. The maximum absolute atomic E-state index is 13.2. The number of rotatable bonds is 11. The van der Waals surface area contributed by atoms with Gasteiger partial charge in [-0.1, -0.05) is 51.8 Å². The fraction of sp³-hybridized carbons (Fsp3) is 0.219. The van der Waals surface area contributed by atoms with Crippen LogP contribution in [0.1, 0.15) is 34.7 Å².